The Kier molecular flexibility index (Phi) is 8.24. The molecule has 0 bridgehead atoms. The third kappa shape index (κ3) is 7.18. The highest BCUT2D eigenvalue weighted by Gasteiger charge is 2.13. The first-order chi connectivity index (χ1) is 21.9. The molecule has 45 heavy (non-hydrogen) atoms. The number of nitrogen functional groups attached to an aromatic ring is 2. The number of nitrogens with two attached hydrogens (primary N) is 2. The molecule has 0 spiro atoms. The molecule has 220 valence electrons. The summed E-state index contributed by atoms with van der Waals surface area (Å²) in [5.41, 5.74) is 14.8. The molecule has 7 nitrogen and oxygen atoms in total. The Morgan fingerprint density at radius 2 is 0.689 bits per heavy atom. The molecule has 0 saturated heterocycles. The Bertz CT molecular complexity index is 1840. The van der Waals surface area contributed by atoms with Crippen molar-refractivity contribution in [2.45, 2.75) is 0 Å². The van der Waals surface area contributed by atoms with Crippen molar-refractivity contribution in [1.82, 2.24) is 0 Å². The normalized spacial score (nSPS) is 10.6. The second-order valence-corrected chi connectivity index (χ2v) is 10.2. The lowest BCUT2D eigenvalue weighted by Gasteiger charge is -2.10. The van der Waals surface area contributed by atoms with E-state index in [1.807, 2.05) is 0 Å². The molecule has 4 N–H and O–H groups in total. The van der Waals surface area contributed by atoms with Crippen molar-refractivity contribution in [1.29, 1.82) is 0 Å². The predicted molar refractivity (Wildman–Crippen MR) is 175 cm³/mol. The maximum absolute atomic E-state index is 13.2. The van der Waals surface area contributed by atoms with Gasteiger partial charge in [0.25, 0.3) is 0 Å². The molecule has 7 heteroatoms. The van der Waals surface area contributed by atoms with Crippen LogP contribution in [0.4, 0.5) is 11.4 Å². The van der Waals surface area contributed by atoms with Crippen LogP contribution < -0.4 is 25.7 Å². The van der Waals surface area contributed by atoms with Gasteiger partial charge in [-0.05, 0) is 97.1 Å². The largest absolute Gasteiger partial charge is 0.457 e. The van der Waals surface area contributed by atoms with E-state index in [4.69, 9.17) is 25.7 Å². The van der Waals surface area contributed by atoms with Gasteiger partial charge in [-0.15, -0.1) is 0 Å². The van der Waals surface area contributed by atoms with Gasteiger partial charge < -0.3 is 25.7 Å². The van der Waals surface area contributed by atoms with Gasteiger partial charge in [0.2, 0.25) is 0 Å². The van der Waals surface area contributed by atoms with Crippen LogP contribution in [0.15, 0.2) is 146 Å². The van der Waals surface area contributed by atoms with Crippen LogP contribution in [0.2, 0.25) is 0 Å². The first kappa shape index (κ1) is 28.8. The van der Waals surface area contributed by atoms with Gasteiger partial charge in [0.15, 0.2) is 11.6 Å². The van der Waals surface area contributed by atoms with Gasteiger partial charge in [-0.3, -0.25) is 9.59 Å². The minimum atomic E-state index is -0.148. The molecule has 0 amide bonds. The number of rotatable bonds is 10. The zero-order valence-electron chi connectivity index (χ0n) is 24.1. The van der Waals surface area contributed by atoms with Crippen molar-refractivity contribution < 1.29 is 23.8 Å². The van der Waals surface area contributed by atoms with E-state index >= 15 is 0 Å². The molecule has 0 heterocycles. The zero-order chi connectivity index (χ0) is 31.2. The summed E-state index contributed by atoms with van der Waals surface area (Å²) in [6, 6.07) is 41.9. The number of ketones is 2. The van der Waals surface area contributed by atoms with E-state index in [0.717, 1.165) is 0 Å². The lowest BCUT2D eigenvalue weighted by Crippen LogP contribution is -2.02. The maximum Gasteiger partial charge on any atom is 0.193 e. The average molecular weight is 593 g/mol. The number of benzene rings is 6. The van der Waals surface area contributed by atoms with Crippen LogP contribution in [0.3, 0.4) is 0 Å². The first-order valence-corrected chi connectivity index (χ1v) is 14.1. The fraction of sp³-hybridized carbons (Fsp3) is 0. The minimum Gasteiger partial charge on any atom is -0.457 e. The van der Waals surface area contributed by atoms with Crippen LogP contribution >= 0.6 is 0 Å². The molecule has 0 unspecified atom stereocenters. The topological polar surface area (TPSA) is 114 Å². The van der Waals surface area contributed by atoms with Crippen molar-refractivity contribution in [3.05, 3.63) is 168 Å². The Morgan fingerprint density at radius 1 is 0.356 bits per heavy atom. The van der Waals surface area contributed by atoms with E-state index in [1.165, 1.54) is 0 Å². The summed E-state index contributed by atoms with van der Waals surface area (Å²) in [4.78, 5) is 26.3. The van der Waals surface area contributed by atoms with Gasteiger partial charge in [-0.1, -0.05) is 36.4 Å². The van der Waals surface area contributed by atoms with Crippen molar-refractivity contribution in [2.24, 2.45) is 0 Å². The summed E-state index contributed by atoms with van der Waals surface area (Å²) in [6.07, 6.45) is 0. The molecule has 0 aliphatic carbocycles. The molecule has 0 aliphatic rings. The predicted octanol–water partition coefficient (Wildman–Crippen LogP) is 8.69. The summed E-state index contributed by atoms with van der Waals surface area (Å²) in [5, 5.41) is 0. The maximum atomic E-state index is 13.2. The smallest absolute Gasteiger partial charge is 0.193 e. The van der Waals surface area contributed by atoms with Crippen molar-refractivity contribution in [3.63, 3.8) is 0 Å². The third-order valence-corrected chi connectivity index (χ3v) is 6.85. The third-order valence-electron chi connectivity index (χ3n) is 6.85. The van der Waals surface area contributed by atoms with Crippen LogP contribution in [0.1, 0.15) is 31.8 Å². The van der Waals surface area contributed by atoms with Crippen LogP contribution in [-0.4, -0.2) is 11.6 Å². The van der Waals surface area contributed by atoms with Gasteiger partial charge in [-0.2, -0.15) is 0 Å². The van der Waals surface area contributed by atoms with E-state index in [2.05, 4.69) is 0 Å². The van der Waals surface area contributed by atoms with Crippen LogP contribution in [-0.2, 0) is 0 Å². The quantitative estimate of drug-likeness (QED) is 0.121. The van der Waals surface area contributed by atoms with Gasteiger partial charge >= 0.3 is 0 Å². The van der Waals surface area contributed by atoms with E-state index in [-0.39, 0.29) is 11.6 Å². The molecule has 0 fully saturated rings. The van der Waals surface area contributed by atoms with E-state index in [9.17, 15) is 9.59 Å². The summed E-state index contributed by atoms with van der Waals surface area (Å²) >= 11 is 0. The van der Waals surface area contributed by atoms with Crippen molar-refractivity contribution >= 4 is 22.9 Å². The molecule has 0 aromatic heterocycles. The monoisotopic (exact) mass is 592 g/mol. The second kappa shape index (κ2) is 12.9. The SMILES string of the molecule is Nc1cccc(Oc2cccc(C(=O)c3ccc(Oc4ccc(C(=O)c5cccc(Oc6cccc(N)c6)c5)cc4)cc3)c2)c1. The molecule has 6 aromatic carbocycles. The van der Waals surface area contributed by atoms with Crippen LogP contribution in [0, 0.1) is 0 Å². The van der Waals surface area contributed by atoms with Gasteiger partial charge in [0.1, 0.15) is 34.5 Å². The lowest BCUT2D eigenvalue weighted by molar-refractivity contribution is 0.103. The van der Waals surface area contributed by atoms with E-state index in [1.54, 1.807) is 146 Å². The lowest BCUT2D eigenvalue weighted by atomic mass is 10.0. The summed E-state index contributed by atoms with van der Waals surface area (Å²) < 4.78 is 17.7. The fourth-order valence-corrected chi connectivity index (χ4v) is 4.65. The molecule has 0 radical (unpaired) electrons. The van der Waals surface area contributed by atoms with Crippen LogP contribution in [0.25, 0.3) is 0 Å². The molecule has 6 aromatic rings. The highest BCUT2D eigenvalue weighted by atomic mass is 16.5. The molecular weight excluding hydrogens is 564 g/mol. The Balaban J connectivity index is 1.08. The van der Waals surface area contributed by atoms with Crippen molar-refractivity contribution in [2.75, 3.05) is 11.5 Å². The zero-order valence-corrected chi connectivity index (χ0v) is 24.1. The Hall–Kier alpha value is -6.34. The van der Waals surface area contributed by atoms with E-state index < -0.39 is 0 Å². The number of hydrogen-bond acceptors (Lipinski definition) is 7. The summed E-state index contributed by atoms with van der Waals surface area (Å²) in [5.74, 6) is 3.06. The summed E-state index contributed by atoms with van der Waals surface area (Å²) in [7, 11) is 0. The number of carbonyl (C=O) groups is 2. The van der Waals surface area contributed by atoms with Crippen LogP contribution in [0.5, 0.6) is 34.5 Å². The van der Waals surface area contributed by atoms with E-state index in [0.29, 0.717) is 68.1 Å². The minimum absolute atomic E-state index is 0.148. The molecular formula is C38H28N2O5. The first-order valence-electron chi connectivity index (χ1n) is 14.1. The second-order valence-electron chi connectivity index (χ2n) is 10.2. The van der Waals surface area contributed by atoms with Gasteiger partial charge in [-0.25, -0.2) is 0 Å². The van der Waals surface area contributed by atoms with Gasteiger partial charge in [0, 0.05) is 45.8 Å². The average Bonchev–Trinajstić information content (AvgIpc) is 3.05. The number of anilines is 2. The summed E-state index contributed by atoms with van der Waals surface area (Å²) in [6.45, 7) is 0. The Labute approximate surface area is 260 Å². The highest BCUT2D eigenvalue weighted by Crippen LogP contribution is 2.28. The highest BCUT2D eigenvalue weighted by molar-refractivity contribution is 6.09. The molecule has 6 rings (SSSR count). The Morgan fingerprint density at radius 3 is 1.07 bits per heavy atom. The number of ether oxygens (including phenoxy) is 3. The fourth-order valence-electron chi connectivity index (χ4n) is 4.65. The standard InChI is InChI=1S/C38H28N2O5/c39-29-7-3-11-35(23-29)44-33-9-1-5-27(21-33)37(41)25-13-17-31(18-14-25)43-32-19-15-26(16-20-32)38(42)28-6-2-10-34(22-28)45-36-12-4-8-30(40)24-36/h1-24H,39-40H2. The number of carbonyl (C=O) groups excluding carboxylic acids is 2. The molecule has 0 aliphatic heterocycles. The number of hydrogen-bond donors (Lipinski definition) is 2. The molecule has 0 atom stereocenters. The van der Waals surface area contributed by atoms with Gasteiger partial charge in [0.05, 0.1) is 0 Å². The molecule has 0 saturated carbocycles. The van der Waals surface area contributed by atoms with Crippen molar-refractivity contribution in [3.8, 4) is 34.5 Å².